The van der Waals surface area contributed by atoms with E-state index in [1.165, 1.54) is 0 Å². The number of fused-ring (bicyclic) bond motifs is 1. The lowest BCUT2D eigenvalue weighted by atomic mass is 10.1. The molecule has 0 aromatic carbocycles. The monoisotopic (exact) mass is 398 g/mol. The molecule has 3 aromatic rings. The number of aliphatic hydroxyl groups is 1. The molecule has 0 fully saturated rings. The summed E-state index contributed by atoms with van der Waals surface area (Å²) in [4.78, 5) is 8.92. The molecule has 1 N–H and O–H groups in total. The van der Waals surface area contributed by atoms with Gasteiger partial charge in [-0.1, -0.05) is 0 Å². The summed E-state index contributed by atoms with van der Waals surface area (Å²) in [6.45, 7) is 1.96. The van der Waals surface area contributed by atoms with Crippen molar-refractivity contribution in [3.8, 4) is 11.3 Å². The Hall–Kier alpha value is -1.11. The number of aliphatic hydroxyl groups excluding tert-OH is 1. The molecule has 5 nitrogen and oxygen atoms in total. The zero-order chi connectivity index (χ0) is 14.1. The van der Waals surface area contributed by atoms with Crippen LogP contribution in [0.25, 0.3) is 22.3 Å². The van der Waals surface area contributed by atoms with Gasteiger partial charge in [0.05, 0.1) is 35.4 Å². The van der Waals surface area contributed by atoms with Crippen molar-refractivity contribution in [2.45, 2.75) is 13.5 Å². The number of nitrogens with zero attached hydrogens (tertiary/aromatic N) is 4. The minimum absolute atomic E-state index is 0.0260. The smallest absolute Gasteiger partial charge is 0.0897 e. The Morgan fingerprint density at radius 1 is 1.35 bits per heavy atom. The van der Waals surface area contributed by atoms with E-state index in [9.17, 15) is 5.11 Å². The Bertz CT molecular complexity index is 774. The molecule has 0 saturated carbocycles. The summed E-state index contributed by atoms with van der Waals surface area (Å²) < 4.78 is 1.92. The topological polar surface area (TPSA) is 63.8 Å². The van der Waals surface area contributed by atoms with Gasteiger partial charge in [0.15, 0.2) is 0 Å². The maximum absolute atomic E-state index is 9.18. The molecule has 0 amide bonds. The summed E-state index contributed by atoms with van der Waals surface area (Å²) in [5.74, 6) is 0. The quantitative estimate of drug-likeness (QED) is 0.544. The van der Waals surface area contributed by atoms with Crippen LogP contribution in [0.15, 0.2) is 30.6 Å². The van der Waals surface area contributed by atoms with Crippen molar-refractivity contribution in [3.05, 3.63) is 41.9 Å². The average Bonchev–Trinajstić information content (AvgIpc) is 2.87. The molecule has 102 valence electrons. The molecule has 0 bridgehead atoms. The molecule has 0 aliphatic heterocycles. The maximum atomic E-state index is 9.18. The maximum Gasteiger partial charge on any atom is 0.0897 e. The van der Waals surface area contributed by atoms with Gasteiger partial charge < -0.3 is 5.11 Å². The SMILES string of the molecule is Cc1nn(PI)cc1-c1ccc2ncc(CO)cc2n1. The van der Waals surface area contributed by atoms with E-state index in [1.54, 1.807) is 6.20 Å². The Balaban J connectivity index is 2.13. The third-order valence-corrected chi connectivity index (χ3v) is 4.92. The minimum atomic E-state index is -0.0260. The van der Waals surface area contributed by atoms with Gasteiger partial charge in [-0.05, 0) is 52.7 Å². The van der Waals surface area contributed by atoms with Gasteiger partial charge in [-0.3, -0.25) is 4.98 Å². The van der Waals surface area contributed by atoms with Gasteiger partial charge in [0.25, 0.3) is 0 Å². The number of hydrogen-bond donors (Lipinski definition) is 1. The van der Waals surface area contributed by atoms with Crippen LogP contribution in [0.2, 0.25) is 0 Å². The van der Waals surface area contributed by atoms with Crippen molar-refractivity contribution in [2.24, 2.45) is 0 Å². The molecular formula is C13H12IN4OP. The second-order valence-corrected chi connectivity index (χ2v) is 6.47. The second kappa shape index (κ2) is 5.71. The molecule has 0 spiro atoms. The largest absolute Gasteiger partial charge is 0.392 e. The van der Waals surface area contributed by atoms with Crippen LogP contribution in [0.3, 0.4) is 0 Å². The van der Waals surface area contributed by atoms with Crippen LogP contribution < -0.4 is 0 Å². The van der Waals surface area contributed by atoms with Crippen molar-refractivity contribution < 1.29 is 5.11 Å². The fourth-order valence-corrected chi connectivity index (χ4v) is 3.15. The number of hydrogen-bond acceptors (Lipinski definition) is 4. The van der Waals surface area contributed by atoms with E-state index in [1.807, 2.05) is 35.8 Å². The van der Waals surface area contributed by atoms with Crippen LogP contribution in [0, 0.1) is 6.92 Å². The lowest BCUT2D eigenvalue weighted by Crippen LogP contribution is -1.91. The number of aryl methyl sites for hydroxylation is 1. The van der Waals surface area contributed by atoms with Crippen LogP contribution >= 0.6 is 28.4 Å². The van der Waals surface area contributed by atoms with E-state index < -0.39 is 0 Å². The van der Waals surface area contributed by atoms with Crippen molar-refractivity contribution in [1.29, 1.82) is 0 Å². The molecule has 3 heterocycles. The molecule has 0 aliphatic carbocycles. The molecule has 0 saturated heterocycles. The molecule has 0 radical (unpaired) electrons. The standard InChI is InChI=1S/C13H12IN4OP/c1-8-10(6-18(17-8)20-14)11-2-3-12-13(16-11)4-9(7-19)5-15-12/h2-6,19-20H,7H2,1H3. The second-order valence-electron chi connectivity index (χ2n) is 4.39. The first kappa shape index (κ1) is 13.9. The summed E-state index contributed by atoms with van der Waals surface area (Å²) in [5.41, 5.74) is 5.26. The highest BCUT2D eigenvalue weighted by Gasteiger charge is 2.09. The van der Waals surface area contributed by atoms with E-state index in [0.717, 1.165) is 33.5 Å². The number of pyridine rings is 2. The van der Waals surface area contributed by atoms with Crippen LogP contribution in [0.5, 0.6) is 0 Å². The Morgan fingerprint density at radius 3 is 2.90 bits per heavy atom. The molecule has 7 heteroatoms. The lowest BCUT2D eigenvalue weighted by Gasteiger charge is -2.03. The average molecular weight is 398 g/mol. The van der Waals surface area contributed by atoms with Gasteiger partial charge in [0.1, 0.15) is 0 Å². The molecule has 3 aromatic heterocycles. The van der Waals surface area contributed by atoms with E-state index in [-0.39, 0.29) is 6.61 Å². The van der Waals surface area contributed by atoms with Gasteiger partial charge in [-0.15, -0.1) is 0 Å². The number of rotatable bonds is 3. The Kier molecular flexibility index (Phi) is 3.96. The predicted octanol–water partition coefficient (Wildman–Crippen LogP) is 3.09. The van der Waals surface area contributed by atoms with E-state index in [2.05, 4.69) is 37.1 Å². The highest BCUT2D eigenvalue weighted by atomic mass is 127. The Labute approximate surface area is 130 Å². The number of halogens is 1. The lowest BCUT2D eigenvalue weighted by molar-refractivity contribution is 0.281. The first-order valence-corrected chi connectivity index (χ1v) is 10.1. The summed E-state index contributed by atoms with van der Waals surface area (Å²) in [6.07, 6.45) is 4.26. The fraction of sp³-hybridized carbons (Fsp3) is 0.154. The highest BCUT2D eigenvalue weighted by Crippen LogP contribution is 2.29. The summed E-state index contributed by atoms with van der Waals surface area (Å²) in [5, 5.41) is 13.6. The van der Waals surface area contributed by atoms with Crippen molar-refractivity contribution in [1.82, 2.24) is 19.5 Å². The molecule has 0 aliphatic rings. The fourth-order valence-electron chi connectivity index (χ4n) is 2.04. The zero-order valence-electron chi connectivity index (χ0n) is 10.7. The molecule has 1 atom stereocenters. The zero-order valence-corrected chi connectivity index (χ0v) is 13.9. The predicted molar refractivity (Wildman–Crippen MR) is 89.2 cm³/mol. The van der Waals surface area contributed by atoms with Gasteiger partial charge in [-0.2, -0.15) is 5.10 Å². The third kappa shape index (κ3) is 2.55. The molecule has 20 heavy (non-hydrogen) atoms. The molecular weight excluding hydrogens is 386 g/mol. The van der Waals surface area contributed by atoms with Crippen molar-refractivity contribution in [2.75, 3.05) is 0 Å². The third-order valence-electron chi connectivity index (χ3n) is 3.04. The van der Waals surface area contributed by atoms with Gasteiger partial charge in [0.2, 0.25) is 0 Å². The first-order chi connectivity index (χ1) is 9.71. The normalized spacial score (nSPS) is 11.8. The first-order valence-electron chi connectivity index (χ1n) is 6.01. The minimum Gasteiger partial charge on any atom is -0.392 e. The Morgan fingerprint density at radius 2 is 2.20 bits per heavy atom. The van der Waals surface area contributed by atoms with Crippen molar-refractivity contribution >= 4 is 39.4 Å². The summed E-state index contributed by atoms with van der Waals surface area (Å²) in [7, 11) is 0. The van der Waals surface area contributed by atoms with Gasteiger partial charge in [-0.25, -0.2) is 9.44 Å². The highest BCUT2D eigenvalue weighted by molar-refractivity contribution is 14.2. The van der Waals surface area contributed by atoms with E-state index in [4.69, 9.17) is 0 Å². The van der Waals surface area contributed by atoms with Gasteiger partial charge >= 0.3 is 0 Å². The van der Waals surface area contributed by atoms with Crippen LogP contribution in [-0.4, -0.2) is 24.6 Å². The number of aromatic nitrogens is 4. The van der Waals surface area contributed by atoms with E-state index in [0.29, 0.717) is 6.37 Å². The van der Waals surface area contributed by atoms with Crippen LogP contribution in [-0.2, 0) is 6.61 Å². The van der Waals surface area contributed by atoms with Crippen LogP contribution in [0.1, 0.15) is 11.3 Å². The summed E-state index contributed by atoms with van der Waals surface area (Å²) in [6, 6.07) is 5.77. The molecule has 1 unspecified atom stereocenters. The van der Waals surface area contributed by atoms with Gasteiger partial charge in [0, 0.05) is 18.0 Å². The van der Waals surface area contributed by atoms with E-state index >= 15 is 0 Å². The van der Waals surface area contributed by atoms with Crippen LogP contribution in [0.4, 0.5) is 0 Å². The molecule has 3 rings (SSSR count). The summed E-state index contributed by atoms with van der Waals surface area (Å²) >= 11 is 2.30. The van der Waals surface area contributed by atoms with Crippen molar-refractivity contribution in [3.63, 3.8) is 0 Å².